The van der Waals surface area contributed by atoms with Crippen LogP contribution in [0.15, 0.2) is 51.8 Å². The molecule has 166 valence electrons. The van der Waals surface area contributed by atoms with Gasteiger partial charge in [0.1, 0.15) is 11.8 Å². The number of aromatic nitrogens is 1. The first-order valence-electron chi connectivity index (χ1n) is 9.57. The second kappa shape index (κ2) is 11.5. The lowest BCUT2D eigenvalue weighted by atomic mass is 10.3. The van der Waals surface area contributed by atoms with Crippen LogP contribution in [-0.2, 0) is 0 Å². The van der Waals surface area contributed by atoms with Gasteiger partial charge in [0.15, 0.2) is 0 Å². The van der Waals surface area contributed by atoms with Gasteiger partial charge in [-0.05, 0) is 50.8 Å². The van der Waals surface area contributed by atoms with Crippen molar-refractivity contribution in [3.63, 3.8) is 0 Å². The number of hydrogen-bond acceptors (Lipinski definition) is 7. The van der Waals surface area contributed by atoms with E-state index in [1.54, 1.807) is 18.2 Å². The van der Waals surface area contributed by atoms with E-state index in [0.29, 0.717) is 41.9 Å². The molecule has 10 heteroatoms. The van der Waals surface area contributed by atoms with E-state index in [4.69, 9.17) is 27.9 Å². The number of nitrogens with zero attached hydrogens (tertiary/aromatic N) is 3. The van der Waals surface area contributed by atoms with E-state index in [-0.39, 0.29) is 5.91 Å². The van der Waals surface area contributed by atoms with Gasteiger partial charge in [-0.1, -0.05) is 35.0 Å². The molecule has 0 saturated heterocycles. The Bertz CT molecular complexity index is 1110. The molecule has 0 atom stereocenters. The number of thiophene rings is 1. The Balaban J connectivity index is 1.65. The molecule has 32 heavy (non-hydrogen) atoms. The van der Waals surface area contributed by atoms with Crippen LogP contribution >= 0.6 is 46.3 Å². The van der Waals surface area contributed by atoms with Gasteiger partial charge in [0.25, 0.3) is 5.91 Å². The minimum atomic E-state index is -0.301. The number of amides is 1. The predicted octanol–water partition coefficient (Wildman–Crippen LogP) is 6.06. The van der Waals surface area contributed by atoms with Crippen molar-refractivity contribution in [2.24, 2.45) is 0 Å². The van der Waals surface area contributed by atoms with Crippen LogP contribution in [0.3, 0.4) is 0 Å². The Labute approximate surface area is 205 Å². The number of nitriles is 1. The van der Waals surface area contributed by atoms with Crippen molar-refractivity contribution < 1.29 is 9.53 Å². The van der Waals surface area contributed by atoms with E-state index in [9.17, 15) is 10.1 Å². The number of ether oxygens (including phenoxy) is 1. The van der Waals surface area contributed by atoms with Gasteiger partial charge in [-0.15, -0.1) is 11.3 Å². The van der Waals surface area contributed by atoms with Gasteiger partial charge in [0, 0.05) is 24.6 Å². The van der Waals surface area contributed by atoms with Gasteiger partial charge in [-0.2, -0.15) is 5.26 Å². The first-order valence-corrected chi connectivity index (χ1v) is 12.0. The Kier molecular flexibility index (Phi) is 8.79. The highest BCUT2D eigenvalue weighted by atomic mass is 35.5. The second-order valence-electron chi connectivity index (χ2n) is 6.94. The van der Waals surface area contributed by atoms with Crippen LogP contribution in [0.4, 0.5) is 5.69 Å². The van der Waals surface area contributed by atoms with Crippen molar-refractivity contribution in [3.05, 3.63) is 63.2 Å². The SMILES string of the molecule is CN(C)CCCOc1ccc(NC(=O)c2cc(C#N)c(Sc3c(Cl)cncc3Cl)s2)cc1. The fraction of sp³-hybridized carbons (Fsp3) is 0.227. The molecule has 0 aliphatic heterocycles. The highest BCUT2D eigenvalue weighted by Gasteiger charge is 2.18. The molecule has 0 unspecified atom stereocenters. The number of halogens is 2. The molecule has 0 fully saturated rings. The molecule has 3 rings (SSSR count). The molecule has 0 spiro atoms. The number of rotatable bonds is 9. The zero-order valence-electron chi connectivity index (χ0n) is 17.4. The van der Waals surface area contributed by atoms with E-state index in [1.807, 2.05) is 26.2 Å². The fourth-order valence-corrected chi connectivity index (χ4v) is 5.34. The zero-order chi connectivity index (χ0) is 23.1. The summed E-state index contributed by atoms with van der Waals surface area (Å²) in [5, 5.41) is 13.1. The monoisotopic (exact) mass is 506 g/mol. The molecule has 0 bridgehead atoms. The van der Waals surface area contributed by atoms with Crippen LogP contribution in [-0.4, -0.2) is 43.0 Å². The molecule has 2 aromatic heterocycles. The van der Waals surface area contributed by atoms with Crippen LogP contribution in [0, 0.1) is 11.3 Å². The largest absolute Gasteiger partial charge is 0.494 e. The average Bonchev–Trinajstić information content (AvgIpc) is 3.18. The van der Waals surface area contributed by atoms with Crippen molar-refractivity contribution in [3.8, 4) is 11.8 Å². The first-order chi connectivity index (χ1) is 15.4. The lowest BCUT2D eigenvalue weighted by Gasteiger charge is -2.11. The van der Waals surface area contributed by atoms with Crippen molar-refractivity contribution in [2.75, 3.05) is 32.6 Å². The summed E-state index contributed by atoms with van der Waals surface area (Å²) in [6.07, 6.45) is 3.90. The topological polar surface area (TPSA) is 78.2 Å². The average molecular weight is 507 g/mol. The van der Waals surface area contributed by atoms with Crippen molar-refractivity contribution in [1.29, 1.82) is 5.26 Å². The summed E-state index contributed by atoms with van der Waals surface area (Å²) in [6, 6.07) is 10.9. The van der Waals surface area contributed by atoms with Crippen LogP contribution < -0.4 is 10.1 Å². The number of nitrogens with one attached hydrogen (secondary N) is 1. The highest BCUT2D eigenvalue weighted by molar-refractivity contribution is 8.01. The Morgan fingerprint density at radius 2 is 1.94 bits per heavy atom. The second-order valence-corrected chi connectivity index (χ2v) is 10.1. The van der Waals surface area contributed by atoms with Crippen LogP contribution in [0.1, 0.15) is 21.7 Å². The molecule has 1 amide bonds. The van der Waals surface area contributed by atoms with Crippen molar-refractivity contribution in [1.82, 2.24) is 9.88 Å². The van der Waals surface area contributed by atoms with E-state index < -0.39 is 0 Å². The number of carbonyl (C=O) groups excluding carboxylic acids is 1. The highest BCUT2D eigenvalue weighted by Crippen LogP contribution is 2.42. The Morgan fingerprint density at radius 1 is 1.25 bits per heavy atom. The standard InChI is InChI=1S/C22H20Cl2N4O2S2/c1-28(2)8-3-9-30-16-6-4-15(5-7-16)27-21(29)19-10-14(11-25)22(31-19)32-20-17(23)12-26-13-18(20)24/h4-7,10,12-13H,3,8-9H2,1-2H3,(H,27,29). The first kappa shape index (κ1) is 24.4. The molecular weight excluding hydrogens is 487 g/mol. The molecular formula is C22H20Cl2N4O2S2. The summed E-state index contributed by atoms with van der Waals surface area (Å²) in [5.74, 6) is 0.444. The Morgan fingerprint density at radius 3 is 2.56 bits per heavy atom. The molecule has 1 N–H and O–H groups in total. The minimum absolute atomic E-state index is 0.301. The molecule has 2 heterocycles. The molecule has 0 aliphatic carbocycles. The van der Waals surface area contributed by atoms with Gasteiger partial charge in [0.05, 0.1) is 36.2 Å². The van der Waals surface area contributed by atoms with E-state index in [1.165, 1.54) is 35.5 Å². The summed E-state index contributed by atoms with van der Waals surface area (Å²) in [4.78, 5) is 19.8. The summed E-state index contributed by atoms with van der Waals surface area (Å²) in [7, 11) is 4.05. The maximum absolute atomic E-state index is 12.7. The zero-order valence-corrected chi connectivity index (χ0v) is 20.5. The minimum Gasteiger partial charge on any atom is -0.494 e. The smallest absolute Gasteiger partial charge is 0.265 e. The van der Waals surface area contributed by atoms with Gasteiger partial charge < -0.3 is 15.0 Å². The van der Waals surface area contributed by atoms with Gasteiger partial charge in [-0.25, -0.2) is 0 Å². The lowest BCUT2D eigenvalue weighted by Crippen LogP contribution is -2.15. The summed E-state index contributed by atoms with van der Waals surface area (Å²) >= 11 is 14.8. The summed E-state index contributed by atoms with van der Waals surface area (Å²) < 4.78 is 6.34. The maximum Gasteiger partial charge on any atom is 0.265 e. The number of anilines is 1. The van der Waals surface area contributed by atoms with Gasteiger partial charge >= 0.3 is 0 Å². The molecule has 3 aromatic rings. The quantitative estimate of drug-likeness (QED) is 0.355. The van der Waals surface area contributed by atoms with E-state index in [2.05, 4.69) is 21.3 Å². The third kappa shape index (κ3) is 6.61. The number of hydrogen-bond donors (Lipinski definition) is 1. The number of carbonyl (C=O) groups is 1. The van der Waals surface area contributed by atoms with E-state index in [0.717, 1.165) is 18.7 Å². The van der Waals surface area contributed by atoms with Gasteiger partial charge in [-0.3, -0.25) is 9.78 Å². The summed E-state index contributed by atoms with van der Waals surface area (Å²) in [6.45, 7) is 1.58. The van der Waals surface area contributed by atoms with Crippen molar-refractivity contribution >= 4 is 57.9 Å². The third-order valence-corrected chi connectivity index (χ3v) is 7.45. The maximum atomic E-state index is 12.7. The number of pyridine rings is 1. The van der Waals surface area contributed by atoms with E-state index >= 15 is 0 Å². The molecule has 0 aliphatic rings. The normalized spacial score (nSPS) is 10.8. The Hall–Kier alpha value is -2.28. The van der Waals surface area contributed by atoms with Gasteiger partial charge in [0.2, 0.25) is 0 Å². The predicted molar refractivity (Wildman–Crippen MR) is 130 cm³/mol. The fourth-order valence-electron chi connectivity index (χ4n) is 2.63. The molecule has 6 nitrogen and oxygen atoms in total. The molecule has 0 saturated carbocycles. The van der Waals surface area contributed by atoms with Crippen LogP contribution in [0.25, 0.3) is 0 Å². The number of benzene rings is 1. The molecule has 1 aromatic carbocycles. The lowest BCUT2D eigenvalue weighted by molar-refractivity contribution is 0.103. The summed E-state index contributed by atoms with van der Waals surface area (Å²) in [5.41, 5.74) is 1.02. The van der Waals surface area contributed by atoms with Crippen LogP contribution in [0.5, 0.6) is 5.75 Å². The molecule has 0 radical (unpaired) electrons. The van der Waals surface area contributed by atoms with Crippen LogP contribution in [0.2, 0.25) is 10.0 Å². The van der Waals surface area contributed by atoms with Crippen molar-refractivity contribution in [2.45, 2.75) is 15.5 Å². The third-order valence-electron chi connectivity index (χ3n) is 4.18.